The number of para-hydroxylation sites is 2. The van der Waals surface area contributed by atoms with Crippen molar-refractivity contribution in [3.05, 3.63) is 60.2 Å². The first kappa shape index (κ1) is 16.2. The monoisotopic (exact) mass is 334 g/mol. The van der Waals surface area contributed by atoms with Crippen LogP contribution in [0.4, 0.5) is 11.4 Å². The SMILES string of the molecule is CCC(=O)N1c2ccccc2C(Nc2ccccc2)[C@@H](C)C1C1CC1. The minimum atomic E-state index is 0.227. The Labute approximate surface area is 150 Å². The van der Waals surface area contributed by atoms with Crippen LogP contribution >= 0.6 is 0 Å². The van der Waals surface area contributed by atoms with Crippen molar-refractivity contribution in [3.63, 3.8) is 0 Å². The van der Waals surface area contributed by atoms with Crippen LogP contribution in [0.25, 0.3) is 0 Å². The highest BCUT2D eigenvalue weighted by atomic mass is 16.2. The molecule has 2 unspecified atom stereocenters. The largest absolute Gasteiger partial charge is 0.378 e. The third-order valence-electron chi connectivity index (χ3n) is 5.67. The lowest BCUT2D eigenvalue weighted by Gasteiger charge is -2.46. The Morgan fingerprint density at radius 1 is 1.08 bits per heavy atom. The molecule has 25 heavy (non-hydrogen) atoms. The van der Waals surface area contributed by atoms with Gasteiger partial charge in [-0.2, -0.15) is 0 Å². The summed E-state index contributed by atoms with van der Waals surface area (Å²) in [6.07, 6.45) is 3.03. The summed E-state index contributed by atoms with van der Waals surface area (Å²) >= 11 is 0. The van der Waals surface area contributed by atoms with Crippen molar-refractivity contribution in [2.75, 3.05) is 10.2 Å². The van der Waals surface area contributed by atoms with Gasteiger partial charge in [0.2, 0.25) is 5.91 Å². The highest BCUT2D eigenvalue weighted by molar-refractivity contribution is 5.95. The fourth-order valence-corrected chi connectivity index (χ4v) is 4.32. The molecule has 1 aliphatic carbocycles. The lowest BCUT2D eigenvalue weighted by atomic mass is 9.79. The number of rotatable bonds is 4. The standard InChI is InChI=1S/C22H26N2O/c1-3-20(25)24-19-12-8-7-11-18(19)21(15(2)22(24)16-13-14-16)23-17-9-5-4-6-10-17/h4-12,15-16,21-23H,3,13-14H2,1-2H3/t15-,21?,22?/m1/s1. The zero-order valence-electron chi connectivity index (χ0n) is 15.0. The van der Waals surface area contributed by atoms with Gasteiger partial charge >= 0.3 is 0 Å². The van der Waals surface area contributed by atoms with E-state index in [4.69, 9.17) is 0 Å². The molecule has 0 aromatic heterocycles. The van der Waals surface area contributed by atoms with Gasteiger partial charge in [-0.1, -0.05) is 50.2 Å². The van der Waals surface area contributed by atoms with E-state index in [2.05, 4.69) is 59.6 Å². The number of hydrogen-bond acceptors (Lipinski definition) is 2. The Kier molecular flexibility index (Phi) is 4.24. The van der Waals surface area contributed by atoms with Crippen LogP contribution in [-0.4, -0.2) is 11.9 Å². The summed E-state index contributed by atoms with van der Waals surface area (Å²) in [5.41, 5.74) is 3.47. The van der Waals surface area contributed by atoms with Gasteiger partial charge in [-0.05, 0) is 42.5 Å². The minimum Gasteiger partial charge on any atom is -0.378 e. The maximum absolute atomic E-state index is 12.8. The molecule has 2 aliphatic rings. The third kappa shape index (κ3) is 2.92. The molecule has 0 radical (unpaired) electrons. The molecule has 1 heterocycles. The number of benzene rings is 2. The molecule has 3 heteroatoms. The smallest absolute Gasteiger partial charge is 0.226 e. The van der Waals surface area contributed by atoms with Crippen molar-refractivity contribution in [1.82, 2.24) is 0 Å². The van der Waals surface area contributed by atoms with Crippen LogP contribution in [0.3, 0.4) is 0 Å². The quantitative estimate of drug-likeness (QED) is 0.852. The van der Waals surface area contributed by atoms with E-state index < -0.39 is 0 Å². The van der Waals surface area contributed by atoms with Gasteiger partial charge in [-0.25, -0.2) is 0 Å². The Hall–Kier alpha value is -2.29. The summed E-state index contributed by atoms with van der Waals surface area (Å²) in [5.74, 6) is 1.26. The predicted molar refractivity (Wildman–Crippen MR) is 103 cm³/mol. The van der Waals surface area contributed by atoms with Gasteiger partial charge in [0, 0.05) is 29.8 Å². The molecular weight excluding hydrogens is 308 g/mol. The molecule has 0 bridgehead atoms. The van der Waals surface area contributed by atoms with Crippen LogP contribution in [0.1, 0.15) is 44.7 Å². The molecule has 1 aliphatic heterocycles. The first-order valence-electron chi connectivity index (χ1n) is 9.43. The molecule has 1 amide bonds. The fraction of sp³-hybridized carbons (Fsp3) is 0.409. The van der Waals surface area contributed by atoms with Crippen LogP contribution in [0.15, 0.2) is 54.6 Å². The lowest BCUT2D eigenvalue weighted by Crippen LogP contribution is -2.51. The summed E-state index contributed by atoms with van der Waals surface area (Å²) in [6, 6.07) is 19.3. The van der Waals surface area contributed by atoms with Gasteiger partial charge in [0.1, 0.15) is 0 Å². The first-order chi connectivity index (χ1) is 12.2. The zero-order valence-corrected chi connectivity index (χ0v) is 15.0. The summed E-state index contributed by atoms with van der Waals surface area (Å²) in [4.78, 5) is 14.9. The minimum absolute atomic E-state index is 0.227. The van der Waals surface area contributed by atoms with Crippen LogP contribution in [0.2, 0.25) is 0 Å². The average Bonchev–Trinajstić information content (AvgIpc) is 3.48. The van der Waals surface area contributed by atoms with Gasteiger partial charge in [0.15, 0.2) is 0 Å². The predicted octanol–water partition coefficient (Wildman–Crippen LogP) is 5.01. The van der Waals surface area contributed by atoms with Crippen molar-refractivity contribution in [2.24, 2.45) is 11.8 Å². The summed E-state index contributed by atoms with van der Waals surface area (Å²) in [6.45, 7) is 4.27. The van der Waals surface area contributed by atoms with Crippen molar-refractivity contribution >= 4 is 17.3 Å². The Bertz CT molecular complexity index is 754. The van der Waals surface area contributed by atoms with Crippen molar-refractivity contribution in [1.29, 1.82) is 0 Å². The van der Waals surface area contributed by atoms with Gasteiger partial charge in [0.05, 0.1) is 6.04 Å². The van der Waals surface area contributed by atoms with Gasteiger partial charge in [-0.3, -0.25) is 4.79 Å². The molecule has 4 rings (SSSR count). The maximum Gasteiger partial charge on any atom is 0.226 e. The Balaban J connectivity index is 1.77. The van der Waals surface area contributed by atoms with Crippen LogP contribution in [0.5, 0.6) is 0 Å². The van der Waals surface area contributed by atoms with E-state index in [9.17, 15) is 4.79 Å². The normalized spacial score (nSPS) is 25.4. The topological polar surface area (TPSA) is 32.3 Å². The van der Waals surface area contributed by atoms with E-state index in [1.165, 1.54) is 18.4 Å². The molecule has 0 saturated heterocycles. The van der Waals surface area contributed by atoms with E-state index in [0.717, 1.165) is 11.4 Å². The summed E-state index contributed by atoms with van der Waals surface area (Å²) in [5, 5.41) is 3.74. The molecule has 2 aromatic carbocycles. The number of hydrogen-bond donors (Lipinski definition) is 1. The second kappa shape index (κ2) is 6.55. The molecule has 1 N–H and O–H groups in total. The third-order valence-corrected chi connectivity index (χ3v) is 5.67. The van der Waals surface area contributed by atoms with Crippen molar-refractivity contribution in [3.8, 4) is 0 Å². The molecule has 2 aromatic rings. The van der Waals surface area contributed by atoms with Crippen LogP contribution in [-0.2, 0) is 4.79 Å². The average molecular weight is 334 g/mol. The molecular formula is C22H26N2O. The number of carbonyl (C=O) groups excluding carboxylic acids is 1. The van der Waals surface area contributed by atoms with E-state index in [-0.39, 0.29) is 11.9 Å². The molecule has 1 fully saturated rings. The Morgan fingerprint density at radius 3 is 2.44 bits per heavy atom. The zero-order chi connectivity index (χ0) is 17.4. The molecule has 130 valence electrons. The number of fused-ring (bicyclic) bond motifs is 1. The highest BCUT2D eigenvalue weighted by Gasteiger charge is 2.47. The van der Waals surface area contributed by atoms with Gasteiger partial charge < -0.3 is 10.2 Å². The number of carbonyl (C=O) groups is 1. The molecule has 3 nitrogen and oxygen atoms in total. The number of nitrogens with zero attached hydrogens (tertiary/aromatic N) is 1. The highest BCUT2D eigenvalue weighted by Crippen LogP contribution is 2.50. The summed E-state index contributed by atoms with van der Waals surface area (Å²) < 4.78 is 0. The number of anilines is 2. The second-order valence-corrected chi connectivity index (χ2v) is 7.35. The fourth-order valence-electron chi connectivity index (χ4n) is 4.32. The Morgan fingerprint density at radius 2 is 1.76 bits per heavy atom. The maximum atomic E-state index is 12.8. The van der Waals surface area contributed by atoms with Crippen LogP contribution in [0, 0.1) is 11.8 Å². The van der Waals surface area contributed by atoms with Crippen molar-refractivity contribution in [2.45, 2.75) is 45.2 Å². The van der Waals surface area contributed by atoms with E-state index in [0.29, 0.717) is 24.3 Å². The van der Waals surface area contributed by atoms with E-state index in [1.54, 1.807) is 0 Å². The molecule has 3 atom stereocenters. The van der Waals surface area contributed by atoms with Crippen molar-refractivity contribution < 1.29 is 4.79 Å². The summed E-state index contributed by atoms with van der Waals surface area (Å²) in [7, 11) is 0. The second-order valence-electron chi connectivity index (χ2n) is 7.35. The van der Waals surface area contributed by atoms with E-state index >= 15 is 0 Å². The van der Waals surface area contributed by atoms with Gasteiger partial charge in [-0.15, -0.1) is 0 Å². The molecule has 1 saturated carbocycles. The van der Waals surface area contributed by atoms with Crippen LogP contribution < -0.4 is 10.2 Å². The molecule has 0 spiro atoms. The van der Waals surface area contributed by atoms with E-state index in [1.807, 2.05) is 19.1 Å². The van der Waals surface area contributed by atoms with Gasteiger partial charge in [0.25, 0.3) is 0 Å². The lowest BCUT2D eigenvalue weighted by molar-refractivity contribution is -0.119. The number of amides is 1. The first-order valence-corrected chi connectivity index (χ1v) is 9.43. The number of nitrogens with one attached hydrogen (secondary N) is 1.